The number of hydrogen-bond donors (Lipinski definition) is 2. The van der Waals surface area contributed by atoms with Crippen LogP contribution >= 0.6 is 23.2 Å². The Hall–Kier alpha value is -5.12. The lowest BCUT2D eigenvalue weighted by molar-refractivity contribution is 0.605. The first-order chi connectivity index (χ1) is 26.8. The third-order valence-electron chi connectivity index (χ3n) is 9.67. The molecule has 0 spiro atoms. The maximum atomic E-state index is 11.6. The van der Waals surface area contributed by atoms with Crippen molar-refractivity contribution in [2.45, 2.75) is 25.7 Å². The van der Waals surface area contributed by atoms with Crippen molar-refractivity contribution < 1.29 is 16.8 Å². The van der Waals surface area contributed by atoms with Crippen LogP contribution in [0.25, 0.3) is 23.3 Å². The van der Waals surface area contributed by atoms with E-state index in [1.54, 1.807) is 12.1 Å². The Morgan fingerprint density at radius 3 is 1.21 bits per heavy atom. The minimum Gasteiger partial charge on any atom is -0.284 e. The monoisotopic (exact) mass is 818 g/mol. The van der Waals surface area contributed by atoms with Gasteiger partial charge in [-0.05, 0) is 153 Å². The number of rotatable bonds is 6. The summed E-state index contributed by atoms with van der Waals surface area (Å²) in [6, 6.07) is 43.7. The quantitative estimate of drug-likeness (QED) is 0.175. The summed E-state index contributed by atoms with van der Waals surface area (Å²) >= 11 is 12.6. The van der Waals surface area contributed by atoms with E-state index in [9.17, 15) is 16.8 Å². The van der Waals surface area contributed by atoms with Gasteiger partial charge in [-0.2, -0.15) is 0 Å². The van der Waals surface area contributed by atoms with Crippen molar-refractivity contribution >= 4 is 77.9 Å². The first-order valence-electron chi connectivity index (χ1n) is 18.1. The van der Waals surface area contributed by atoms with Gasteiger partial charge in [-0.1, -0.05) is 108 Å². The van der Waals surface area contributed by atoms with Crippen LogP contribution in [0, 0.1) is 0 Å². The van der Waals surface area contributed by atoms with Gasteiger partial charge in [0.15, 0.2) is 0 Å². The first kappa shape index (κ1) is 39.1. The maximum absolute atomic E-state index is 11.6. The van der Waals surface area contributed by atoms with Crippen LogP contribution in [-0.2, 0) is 45.7 Å². The van der Waals surface area contributed by atoms with E-state index in [4.69, 9.17) is 23.2 Å². The summed E-state index contributed by atoms with van der Waals surface area (Å²) in [5.41, 5.74) is 14.9. The lowest BCUT2D eigenvalue weighted by Crippen LogP contribution is -2.09. The molecule has 0 aromatic heterocycles. The zero-order chi connectivity index (χ0) is 39.5. The molecule has 6 aromatic carbocycles. The van der Waals surface area contributed by atoms with Crippen LogP contribution in [0.4, 0.5) is 11.4 Å². The zero-order valence-corrected chi connectivity index (χ0v) is 34.0. The topological polar surface area (TPSA) is 92.3 Å². The minimum atomic E-state index is -3.32. The number of aryl methyl sites for hydroxylation is 4. The Morgan fingerprint density at radius 1 is 0.446 bits per heavy atom. The molecule has 6 aromatic rings. The van der Waals surface area contributed by atoms with E-state index in [-0.39, 0.29) is 0 Å². The van der Waals surface area contributed by atoms with Crippen molar-refractivity contribution in [1.29, 1.82) is 0 Å². The minimum absolute atomic E-state index is 0.546. The molecule has 8 rings (SSSR count). The molecule has 0 saturated carbocycles. The fourth-order valence-corrected chi connectivity index (χ4v) is 8.78. The molecule has 0 amide bonds. The van der Waals surface area contributed by atoms with Gasteiger partial charge in [0, 0.05) is 21.4 Å². The lowest BCUT2D eigenvalue weighted by atomic mass is 9.92. The van der Waals surface area contributed by atoms with Gasteiger partial charge in [0.05, 0.1) is 12.5 Å². The predicted octanol–water partition coefficient (Wildman–Crippen LogP) is 10.8. The molecule has 2 aliphatic rings. The lowest BCUT2D eigenvalue weighted by Gasteiger charge is -2.13. The summed E-state index contributed by atoms with van der Waals surface area (Å²) in [6.07, 6.45) is 10.4. The molecular formula is C46H40Cl2N2O4S2. The highest BCUT2D eigenvalue weighted by atomic mass is 35.5. The SMILES string of the molecule is CS(=O)(=O)Nc1cccc(/C=C2/c3ccccc3CCc3ccc(Cl)cc32)c1.CS(=O)(=O)Nc1cccc(/C=C2\c3ccccc3CCc3ccc(Cl)cc32)c1. The second-order valence-corrected chi connectivity index (χ2v) is 18.4. The van der Waals surface area contributed by atoms with Crippen LogP contribution in [0.3, 0.4) is 0 Å². The molecule has 2 N–H and O–H groups in total. The van der Waals surface area contributed by atoms with Gasteiger partial charge in [-0.3, -0.25) is 9.44 Å². The molecule has 0 atom stereocenters. The summed E-state index contributed by atoms with van der Waals surface area (Å²) in [5, 5.41) is 1.41. The fraction of sp³-hybridized carbons (Fsp3) is 0.130. The highest BCUT2D eigenvalue weighted by molar-refractivity contribution is 7.92. The van der Waals surface area contributed by atoms with Gasteiger partial charge in [-0.25, -0.2) is 16.8 Å². The Kier molecular flexibility index (Phi) is 11.6. The number of fused-ring (bicyclic) bond motifs is 4. The molecule has 0 fully saturated rings. The van der Waals surface area contributed by atoms with E-state index >= 15 is 0 Å². The van der Waals surface area contributed by atoms with E-state index in [0.717, 1.165) is 71.6 Å². The molecule has 0 unspecified atom stereocenters. The molecular weight excluding hydrogens is 780 g/mol. The molecule has 0 aliphatic heterocycles. The molecule has 6 nitrogen and oxygen atoms in total. The van der Waals surface area contributed by atoms with Gasteiger partial charge >= 0.3 is 0 Å². The number of benzene rings is 6. The van der Waals surface area contributed by atoms with Crippen molar-refractivity contribution in [1.82, 2.24) is 0 Å². The van der Waals surface area contributed by atoms with Crippen LogP contribution in [0.15, 0.2) is 133 Å². The fourth-order valence-electron chi connectivity index (χ4n) is 7.32. The Bertz CT molecular complexity index is 2550. The summed E-state index contributed by atoms with van der Waals surface area (Å²) in [5.74, 6) is 0. The Morgan fingerprint density at radius 2 is 0.821 bits per heavy atom. The number of nitrogens with one attached hydrogen (secondary N) is 2. The van der Waals surface area contributed by atoms with Gasteiger partial charge in [0.25, 0.3) is 0 Å². The molecule has 284 valence electrons. The smallest absolute Gasteiger partial charge is 0.229 e. The molecule has 10 heteroatoms. The largest absolute Gasteiger partial charge is 0.284 e. The molecule has 2 aliphatic carbocycles. The third kappa shape index (κ3) is 9.81. The van der Waals surface area contributed by atoms with Gasteiger partial charge in [0.2, 0.25) is 20.0 Å². The van der Waals surface area contributed by atoms with Crippen LogP contribution in [-0.4, -0.2) is 29.3 Å². The highest BCUT2D eigenvalue weighted by Crippen LogP contribution is 2.38. The van der Waals surface area contributed by atoms with Crippen molar-refractivity contribution in [3.63, 3.8) is 0 Å². The highest BCUT2D eigenvalue weighted by Gasteiger charge is 2.20. The van der Waals surface area contributed by atoms with Gasteiger partial charge in [0.1, 0.15) is 0 Å². The van der Waals surface area contributed by atoms with E-state index < -0.39 is 20.0 Å². The van der Waals surface area contributed by atoms with E-state index in [1.807, 2.05) is 72.8 Å². The van der Waals surface area contributed by atoms with Gasteiger partial charge < -0.3 is 0 Å². The average Bonchev–Trinajstić information content (AvgIpc) is 3.39. The van der Waals surface area contributed by atoms with E-state index in [0.29, 0.717) is 21.4 Å². The van der Waals surface area contributed by atoms with E-state index in [1.165, 1.54) is 33.4 Å². The molecule has 0 radical (unpaired) electrons. The Labute approximate surface area is 339 Å². The van der Waals surface area contributed by atoms with Crippen molar-refractivity contribution in [2.75, 3.05) is 22.0 Å². The summed E-state index contributed by atoms with van der Waals surface area (Å²) in [6.45, 7) is 0. The Balaban J connectivity index is 0.000000172. The predicted molar refractivity (Wildman–Crippen MR) is 234 cm³/mol. The second kappa shape index (κ2) is 16.5. The van der Waals surface area contributed by atoms with Gasteiger partial charge in [-0.15, -0.1) is 0 Å². The molecule has 0 saturated heterocycles. The van der Waals surface area contributed by atoms with Crippen LogP contribution in [0.5, 0.6) is 0 Å². The molecule has 0 heterocycles. The number of halogens is 2. The molecule has 56 heavy (non-hydrogen) atoms. The van der Waals surface area contributed by atoms with Crippen molar-refractivity contribution in [3.8, 4) is 0 Å². The normalized spacial score (nSPS) is 14.9. The number of sulfonamides is 2. The number of hydrogen-bond acceptors (Lipinski definition) is 4. The average molecular weight is 820 g/mol. The second-order valence-electron chi connectivity index (χ2n) is 14.0. The first-order valence-corrected chi connectivity index (χ1v) is 22.7. The van der Waals surface area contributed by atoms with E-state index in [2.05, 4.69) is 70.1 Å². The third-order valence-corrected chi connectivity index (χ3v) is 11.4. The van der Waals surface area contributed by atoms with Crippen LogP contribution in [0.2, 0.25) is 10.0 Å². The van der Waals surface area contributed by atoms with Crippen molar-refractivity contribution in [2.24, 2.45) is 0 Å². The standard InChI is InChI=1S/2C23H20ClNO2S/c2*1-28(26,27)25-20-7-4-5-16(13-20)14-23-21-8-3-2-6-17(21)9-10-18-11-12-19(24)15-22(18)23/h2*2-8,11-15,25H,9-10H2,1H3/b23-14+;23-14-. The number of anilines is 2. The van der Waals surface area contributed by atoms with Crippen LogP contribution in [0.1, 0.15) is 55.6 Å². The van der Waals surface area contributed by atoms with Crippen LogP contribution < -0.4 is 9.44 Å². The molecule has 0 bridgehead atoms. The summed E-state index contributed by atoms with van der Waals surface area (Å²) in [7, 11) is -6.65. The van der Waals surface area contributed by atoms with Crippen molar-refractivity contribution in [3.05, 3.63) is 199 Å². The summed E-state index contributed by atoms with van der Waals surface area (Å²) < 4.78 is 51.4. The zero-order valence-electron chi connectivity index (χ0n) is 30.9. The maximum Gasteiger partial charge on any atom is 0.229 e. The summed E-state index contributed by atoms with van der Waals surface area (Å²) in [4.78, 5) is 0.